The molecule has 2 atom stereocenters. The second kappa shape index (κ2) is 20.7. The smallest absolute Gasteiger partial charge is 0.306 e. The highest BCUT2D eigenvalue weighted by atomic mass is 16.5. The van der Waals surface area contributed by atoms with Crippen LogP contribution in [-0.4, -0.2) is 41.3 Å². The van der Waals surface area contributed by atoms with E-state index in [9.17, 15) is 14.7 Å². The molecule has 2 unspecified atom stereocenters. The molecule has 5 heteroatoms. The predicted molar refractivity (Wildman–Crippen MR) is 146 cm³/mol. The number of Topliss-reactive ketones (excluding diaryl/α,β-unsaturated/α-hetero) is 1. The number of carbonyl (C=O) groups is 2. The molecule has 0 fully saturated rings. The number of hydrogen-bond acceptors (Lipinski definition) is 5. The minimum absolute atomic E-state index is 0.0683. The summed E-state index contributed by atoms with van der Waals surface area (Å²) in [5.41, 5.74) is -0.990. The number of carbonyl (C=O) groups excluding carboxylic acids is 2. The van der Waals surface area contributed by atoms with Gasteiger partial charge in [0.1, 0.15) is 11.6 Å². The second-order valence-corrected chi connectivity index (χ2v) is 10.3. The van der Waals surface area contributed by atoms with Crippen LogP contribution in [0.5, 0.6) is 0 Å². The van der Waals surface area contributed by atoms with Crippen molar-refractivity contribution in [1.29, 1.82) is 0 Å². The van der Waals surface area contributed by atoms with E-state index in [0.29, 0.717) is 12.8 Å². The zero-order valence-electron chi connectivity index (χ0n) is 22.8. The molecule has 5 nitrogen and oxygen atoms in total. The molecule has 0 radical (unpaired) electrons. The molecule has 0 spiro atoms. The maximum absolute atomic E-state index is 13.1. The summed E-state index contributed by atoms with van der Waals surface area (Å²) in [6.07, 6.45) is 25.5. The largest absolute Gasteiger partial charge is 0.462 e. The highest BCUT2D eigenvalue weighted by Crippen LogP contribution is 2.27. The summed E-state index contributed by atoms with van der Waals surface area (Å²) in [5, 5.41) is 9.46. The topological polar surface area (TPSA) is 76.0 Å². The molecule has 0 aliphatic carbocycles. The SMILES string of the molecule is CCCCCCCCCCCC(CC(=O)C1(CCO)C=CC=N1)OC(=O)CCCCCCCCC. The first kappa shape index (κ1) is 31.5. The Hall–Kier alpha value is -1.49. The number of hydrogen-bond donors (Lipinski definition) is 1. The van der Waals surface area contributed by atoms with Crippen molar-refractivity contribution in [1.82, 2.24) is 0 Å². The number of ether oxygens (including phenoxy) is 1. The number of unbranched alkanes of at least 4 members (excludes halogenated alkanes) is 14. The van der Waals surface area contributed by atoms with Crippen molar-refractivity contribution in [2.75, 3.05) is 6.61 Å². The van der Waals surface area contributed by atoms with Crippen molar-refractivity contribution in [3.05, 3.63) is 12.2 Å². The first-order valence-electron chi connectivity index (χ1n) is 14.6. The summed E-state index contributed by atoms with van der Waals surface area (Å²) in [7, 11) is 0. The minimum Gasteiger partial charge on any atom is -0.462 e. The third-order valence-electron chi connectivity index (χ3n) is 7.06. The van der Waals surface area contributed by atoms with Crippen molar-refractivity contribution in [3.63, 3.8) is 0 Å². The molecule has 0 aromatic carbocycles. The number of aliphatic hydroxyl groups excluding tert-OH is 1. The average molecular weight is 492 g/mol. The van der Waals surface area contributed by atoms with Gasteiger partial charge in [0.05, 0.1) is 0 Å². The van der Waals surface area contributed by atoms with Gasteiger partial charge in [-0.2, -0.15) is 0 Å². The maximum atomic E-state index is 13.1. The van der Waals surface area contributed by atoms with Crippen LogP contribution in [0.4, 0.5) is 0 Å². The monoisotopic (exact) mass is 491 g/mol. The molecule has 1 rings (SSSR count). The standard InChI is InChI=1S/C30H53NO4/c1-3-5-7-9-11-12-14-15-17-20-27(26-28(33)30(23-25-32)22-19-24-31-30)35-29(34)21-18-16-13-10-8-6-4-2/h19,22,24,27,32H,3-18,20-21,23,25-26H2,1-2H3. The van der Waals surface area contributed by atoms with E-state index in [2.05, 4.69) is 18.8 Å². The van der Waals surface area contributed by atoms with Crippen molar-refractivity contribution in [2.45, 2.75) is 154 Å². The zero-order valence-corrected chi connectivity index (χ0v) is 22.8. The molecule has 1 heterocycles. The fraction of sp³-hybridized carbons (Fsp3) is 0.833. The molecule has 0 saturated heterocycles. The van der Waals surface area contributed by atoms with E-state index >= 15 is 0 Å². The number of aliphatic hydroxyl groups is 1. The Kier molecular flexibility index (Phi) is 18.6. The number of rotatable bonds is 24. The molecule has 1 N–H and O–H groups in total. The van der Waals surface area contributed by atoms with E-state index < -0.39 is 11.6 Å². The van der Waals surface area contributed by atoms with E-state index in [0.717, 1.165) is 25.7 Å². The summed E-state index contributed by atoms with van der Waals surface area (Å²) in [4.78, 5) is 30.0. The lowest BCUT2D eigenvalue weighted by Crippen LogP contribution is -2.37. The molecular weight excluding hydrogens is 438 g/mol. The lowest BCUT2D eigenvalue weighted by atomic mass is 9.87. The van der Waals surface area contributed by atoms with Gasteiger partial charge >= 0.3 is 5.97 Å². The number of ketones is 1. The van der Waals surface area contributed by atoms with Gasteiger partial charge in [0.25, 0.3) is 0 Å². The Morgan fingerprint density at radius 2 is 1.37 bits per heavy atom. The Morgan fingerprint density at radius 1 is 0.829 bits per heavy atom. The van der Waals surface area contributed by atoms with Gasteiger partial charge in [0.15, 0.2) is 5.78 Å². The second-order valence-electron chi connectivity index (χ2n) is 10.3. The van der Waals surface area contributed by atoms with E-state index in [1.807, 2.05) is 0 Å². The van der Waals surface area contributed by atoms with Gasteiger partial charge in [-0.3, -0.25) is 14.6 Å². The summed E-state index contributed by atoms with van der Waals surface area (Å²) >= 11 is 0. The molecular formula is C30H53NO4. The molecule has 0 aromatic rings. The van der Waals surface area contributed by atoms with Crippen molar-refractivity contribution in [2.24, 2.45) is 4.99 Å². The lowest BCUT2D eigenvalue weighted by molar-refractivity contribution is -0.151. The Labute approximate surface area is 215 Å². The molecule has 1 aliphatic heterocycles. The Balaban J connectivity index is 2.46. The fourth-order valence-electron chi connectivity index (χ4n) is 4.78. The molecule has 0 amide bonds. The zero-order chi connectivity index (χ0) is 25.6. The summed E-state index contributed by atoms with van der Waals surface area (Å²) in [6.45, 7) is 4.35. The van der Waals surface area contributed by atoms with Crippen molar-refractivity contribution in [3.8, 4) is 0 Å². The Morgan fingerprint density at radius 3 is 1.89 bits per heavy atom. The highest BCUT2D eigenvalue weighted by molar-refractivity contribution is 5.96. The first-order chi connectivity index (χ1) is 17.1. The lowest BCUT2D eigenvalue weighted by Gasteiger charge is -2.25. The van der Waals surface area contributed by atoms with E-state index in [-0.39, 0.29) is 31.2 Å². The highest BCUT2D eigenvalue weighted by Gasteiger charge is 2.37. The molecule has 1 aliphatic rings. The average Bonchev–Trinajstić information content (AvgIpc) is 3.32. The van der Waals surface area contributed by atoms with Gasteiger partial charge in [-0.1, -0.05) is 104 Å². The van der Waals surface area contributed by atoms with Crippen LogP contribution >= 0.6 is 0 Å². The van der Waals surface area contributed by atoms with Crippen LogP contribution in [0.2, 0.25) is 0 Å². The summed E-state index contributed by atoms with van der Waals surface area (Å²) in [5.74, 6) is -0.254. The van der Waals surface area contributed by atoms with Gasteiger partial charge in [-0.15, -0.1) is 0 Å². The first-order valence-corrected chi connectivity index (χ1v) is 14.6. The molecule has 0 aromatic heterocycles. The van der Waals surface area contributed by atoms with Crippen LogP contribution in [0.25, 0.3) is 0 Å². The van der Waals surface area contributed by atoms with Gasteiger partial charge in [-0.05, 0) is 31.4 Å². The van der Waals surface area contributed by atoms with Crippen LogP contribution in [0, 0.1) is 0 Å². The maximum Gasteiger partial charge on any atom is 0.306 e. The van der Waals surface area contributed by atoms with Crippen LogP contribution < -0.4 is 0 Å². The van der Waals surface area contributed by atoms with Crippen molar-refractivity contribution >= 4 is 18.0 Å². The summed E-state index contributed by atoms with van der Waals surface area (Å²) < 4.78 is 5.82. The third kappa shape index (κ3) is 14.6. The van der Waals surface area contributed by atoms with Crippen LogP contribution in [-0.2, 0) is 14.3 Å². The van der Waals surface area contributed by atoms with Gasteiger partial charge < -0.3 is 9.84 Å². The molecule has 0 saturated carbocycles. The quantitative estimate of drug-likeness (QED) is 0.111. The number of esters is 1. The fourth-order valence-corrected chi connectivity index (χ4v) is 4.78. The van der Waals surface area contributed by atoms with E-state index in [1.165, 1.54) is 77.0 Å². The number of nitrogens with zero attached hydrogens (tertiary/aromatic N) is 1. The van der Waals surface area contributed by atoms with Gasteiger partial charge in [0, 0.05) is 32.1 Å². The third-order valence-corrected chi connectivity index (χ3v) is 7.06. The van der Waals surface area contributed by atoms with Gasteiger partial charge in [-0.25, -0.2) is 0 Å². The number of allylic oxidation sites excluding steroid dienone is 1. The van der Waals surface area contributed by atoms with Crippen LogP contribution in [0.3, 0.4) is 0 Å². The van der Waals surface area contributed by atoms with E-state index in [1.54, 1.807) is 18.4 Å². The Bertz CT molecular complexity index is 601. The number of aliphatic imine (C=N–C) groups is 1. The van der Waals surface area contributed by atoms with Crippen LogP contribution in [0.1, 0.15) is 142 Å². The normalized spacial score (nSPS) is 17.7. The molecule has 0 bridgehead atoms. The molecule has 35 heavy (non-hydrogen) atoms. The predicted octanol–water partition coefficient (Wildman–Crippen LogP) is 7.68. The van der Waals surface area contributed by atoms with Crippen LogP contribution in [0.15, 0.2) is 17.1 Å². The van der Waals surface area contributed by atoms with Crippen molar-refractivity contribution < 1.29 is 19.4 Å². The minimum atomic E-state index is -0.990. The summed E-state index contributed by atoms with van der Waals surface area (Å²) in [6, 6.07) is 0. The van der Waals surface area contributed by atoms with Gasteiger partial charge in [0.2, 0.25) is 0 Å². The molecule has 202 valence electrons. The van der Waals surface area contributed by atoms with E-state index in [4.69, 9.17) is 4.74 Å².